The first-order valence-corrected chi connectivity index (χ1v) is 11.2. The third kappa shape index (κ3) is 4.94. The average molecular weight is 432 g/mol. The number of thioether (sulfide) groups is 1. The van der Waals surface area contributed by atoms with E-state index in [0.717, 1.165) is 28.9 Å². The van der Waals surface area contributed by atoms with Crippen molar-refractivity contribution in [2.24, 2.45) is 0 Å². The number of benzene rings is 2. The van der Waals surface area contributed by atoms with Crippen LogP contribution in [0, 0.1) is 20.8 Å². The molecule has 158 valence electrons. The lowest BCUT2D eigenvalue weighted by Gasteiger charge is -2.11. The molecule has 0 atom stereocenters. The normalized spacial score (nSPS) is 11.1. The minimum atomic E-state index is -0.0474. The summed E-state index contributed by atoms with van der Waals surface area (Å²) in [5.41, 5.74) is 6.75. The van der Waals surface area contributed by atoms with E-state index in [0.29, 0.717) is 17.5 Å². The Labute approximate surface area is 186 Å². The van der Waals surface area contributed by atoms with Crippen LogP contribution in [-0.4, -0.2) is 31.2 Å². The van der Waals surface area contributed by atoms with E-state index in [9.17, 15) is 4.79 Å². The minimum Gasteiger partial charge on any atom is -0.351 e. The number of aryl methyl sites for hydroxylation is 3. The molecular weight excluding hydrogens is 406 g/mol. The maximum atomic E-state index is 12.2. The molecule has 0 bridgehead atoms. The van der Waals surface area contributed by atoms with Crippen LogP contribution >= 0.6 is 11.8 Å². The van der Waals surface area contributed by atoms with E-state index in [2.05, 4.69) is 51.6 Å². The summed E-state index contributed by atoms with van der Waals surface area (Å²) in [4.78, 5) is 21.4. The lowest BCUT2D eigenvalue weighted by Crippen LogP contribution is -2.24. The number of fused-ring (bicyclic) bond motifs is 1. The van der Waals surface area contributed by atoms with Gasteiger partial charge < -0.3 is 5.32 Å². The van der Waals surface area contributed by atoms with Gasteiger partial charge in [0.15, 0.2) is 0 Å². The molecule has 2 heterocycles. The zero-order valence-corrected chi connectivity index (χ0v) is 18.7. The summed E-state index contributed by atoms with van der Waals surface area (Å²) in [6, 6.07) is 18.2. The number of carbonyl (C=O) groups is 1. The van der Waals surface area contributed by atoms with Crippen LogP contribution in [-0.2, 0) is 17.8 Å². The number of amides is 1. The van der Waals surface area contributed by atoms with Crippen molar-refractivity contribution in [3.8, 4) is 0 Å². The number of hydrogen-bond acceptors (Lipinski definition) is 5. The molecule has 7 heteroatoms. The molecule has 31 heavy (non-hydrogen) atoms. The van der Waals surface area contributed by atoms with E-state index in [1.807, 2.05) is 44.2 Å². The van der Waals surface area contributed by atoms with Crippen LogP contribution in [0.1, 0.15) is 33.6 Å². The van der Waals surface area contributed by atoms with Crippen molar-refractivity contribution in [1.29, 1.82) is 0 Å². The van der Waals surface area contributed by atoms with Crippen LogP contribution in [0.25, 0.3) is 5.78 Å². The van der Waals surface area contributed by atoms with Crippen molar-refractivity contribution in [2.75, 3.05) is 5.75 Å². The van der Waals surface area contributed by atoms with Crippen molar-refractivity contribution in [3.05, 3.63) is 88.2 Å². The third-order valence-corrected chi connectivity index (χ3v) is 6.16. The highest BCUT2D eigenvalue weighted by molar-refractivity contribution is 7.99. The molecule has 0 aliphatic carbocycles. The van der Waals surface area contributed by atoms with Crippen molar-refractivity contribution in [3.63, 3.8) is 0 Å². The van der Waals surface area contributed by atoms with Crippen molar-refractivity contribution < 1.29 is 4.79 Å². The van der Waals surface area contributed by atoms with Gasteiger partial charge in [0.25, 0.3) is 5.78 Å². The highest BCUT2D eigenvalue weighted by Crippen LogP contribution is 2.21. The molecule has 0 radical (unpaired) electrons. The van der Waals surface area contributed by atoms with Gasteiger partial charge in [-0.3, -0.25) is 4.79 Å². The zero-order chi connectivity index (χ0) is 21.8. The topological polar surface area (TPSA) is 72.2 Å². The first kappa shape index (κ1) is 21.1. The molecule has 0 aliphatic heterocycles. The van der Waals surface area contributed by atoms with E-state index in [-0.39, 0.29) is 11.7 Å². The van der Waals surface area contributed by atoms with E-state index >= 15 is 0 Å². The van der Waals surface area contributed by atoms with Crippen LogP contribution in [0.4, 0.5) is 0 Å². The van der Waals surface area contributed by atoms with E-state index in [1.54, 1.807) is 4.52 Å². The predicted molar refractivity (Wildman–Crippen MR) is 123 cm³/mol. The predicted octanol–water partition coefficient (Wildman–Crippen LogP) is 4.05. The molecule has 4 aromatic rings. The molecule has 2 aromatic carbocycles. The van der Waals surface area contributed by atoms with Crippen LogP contribution in [0.5, 0.6) is 0 Å². The summed E-state index contributed by atoms with van der Waals surface area (Å²) in [6.07, 6.45) is 0.803. The second-order valence-electron chi connectivity index (χ2n) is 7.52. The van der Waals surface area contributed by atoms with Gasteiger partial charge in [-0.25, -0.2) is 9.50 Å². The summed E-state index contributed by atoms with van der Waals surface area (Å²) in [5, 5.41) is 8.08. The van der Waals surface area contributed by atoms with Gasteiger partial charge in [-0.1, -0.05) is 66.4 Å². The minimum absolute atomic E-state index is 0.0474. The van der Waals surface area contributed by atoms with Crippen molar-refractivity contribution in [2.45, 2.75) is 38.9 Å². The summed E-state index contributed by atoms with van der Waals surface area (Å²) < 4.78 is 1.78. The van der Waals surface area contributed by atoms with Crippen LogP contribution in [0.3, 0.4) is 0 Å². The fraction of sp³-hybridized carbons (Fsp3) is 0.250. The Bertz CT molecular complexity index is 1220. The monoisotopic (exact) mass is 431 g/mol. The number of rotatable bonds is 7. The molecule has 1 N–H and O–H groups in total. The Morgan fingerprint density at radius 3 is 2.52 bits per heavy atom. The Kier molecular flexibility index (Phi) is 6.32. The number of aromatic nitrogens is 4. The summed E-state index contributed by atoms with van der Waals surface area (Å²) in [7, 11) is 0. The van der Waals surface area contributed by atoms with Crippen LogP contribution in [0.15, 0.2) is 59.8 Å². The Morgan fingerprint density at radius 1 is 1.00 bits per heavy atom. The Balaban J connectivity index is 1.46. The summed E-state index contributed by atoms with van der Waals surface area (Å²) >= 11 is 1.32. The molecule has 0 spiro atoms. The van der Waals surface area contributed by atoms with Gasteiger partial charge in [0.2, 0.25) is 11.1 Å². The highest BCUT2D eigenvalue weighted by Gasteiger charge is 2.15. The quantitative estimate of drug-likeness (QED) is 0.447. The highest BCUT2D eigenvalue weighted by atomic mass is 32.2. The SMILES string of the molecule is Cc1ccccc1Cc1c(C)nc2nc(SCC(=O)NCc3ccccc3)nn2c1C. The van der Waals surface area contributed by atoms with Crippen LogP contribution < -0.4 is 5.32 Å². The second-order valence-corrected chi connectivity index (χ2v) is 8.46. The third-order valence-electron chi connectivity index (χ3n) is 5.32. The Hall–Kier alpha value is -3.19. The number of carbonyl (C=O) groups excluding carboxylic acids is 1. The lowest BCUT2D eigenvalue weighted by atomic mass is 9.99. The zero-order valence-electron chi connectivity index (χ0n) is 17.9. The molecule has 0 saturated heterocycles. The van der Waals surface area contributed by atoms with Gasteiger partial charge in [0.05, 0.1) is 5.75 Å². The van der Waals surface area contributed by atoms with E-state index in [4.69, 9.17) is 0 Å². The molecule has 1 amide bonds. The Morgan fingerprint density at radius 2 is 1.74 bits per heavy atom. The van der Waals surface area contributed by atoms with Gasteiger partial charge >= 0.3 is 0 Å². The van der Waals surface area contributed by atoms with Gasteiger partial charge in [-0.2, -0.15) is 4.98 Å². The first-order chi connectivity index (χ1) is 15.0. The molecule has 6 nitrogen and oxygen atoms in total. The molecule has 4 rings (SSSR count). The molecule has 0 fully saturated rings. The number of nitrogens with one attached hydrogen (secondary N) is 1. The standard InChI is InChI=1S/C24H25N5OS/c1-16-9-7-8-12-20(16)13-21-17(2)26-23-27-24(28-29(23)18(21)3)31-15-22(30)25-14-19-10-5-4-6-11-19/h4-12H,13-15H2,1-3H3,(H,25,30). The fourth-order valence-corrected chi connectivity index (χ4v) is 4.13. The van der Waals surface area contributed by atoms with Gasteiger partial charge in [-0.05, 0) is 43.0 Å². The molecule has 0 unspecified atom stereocenters. The molecule has 0 aliphatic rings. The lowest BCUT2D eigenvalue weighted by molar-refractivity contribution is -0.118. The van der Waals surface area contributed by atoms with Crippen molar-refractivity contribution >= 4 is 23.4 Å². The summed E-state index contributed by atoms with van der Waals surface area (Å²) in [5.74, 6) is 0.780. The molecule has 2 aromatic heterocycles. The molecule has 0 saturated carbocycles. The summed E-state index contributed by atoms with van der Waals surface area (Å²) in [6.45, 7) is 6.70. The van der Waals surface area contributed by atoms with Gasteiger partial charge in [0.1, 0.15) is 0 Å². The van der Waals surface area contributed by atoms with Gasteiger partial charge in [-0.15, -0.1) is 5.10 Å². The fourth-order valence-electron chi connectivity index (χ4n) is 3.48. The number of nitrogens with zero attached hydrogens (tertiary/aromatic N) is 4. The molecular formula is C24H25N5OS. The largest absolute Gasteiger partial charge is 0.351 e. The van der Waals surface area contributed by atoms with Gasteiger partial charge in [0, 0.05) is 24.4 Å². The average Bonchev–Trinajstić information content (AvgIpc) is 3.18. The smallest absolute Gasteiger partial charge is 0.253 e. The van der Waals surface area contributed by atoms with Crippen molar-refractivity contribution in [1.82, 2.24) is 24.9 Å². The maximum Gasteiger partial charge on any atom is 0.253 e. The number of hydrogen-bond donors (Lipinski definition) is 1. The van der Waals surface area contributed by atoms with Crippen LogP contribution in [0.2, 0.25) is 0 Å². The van der Waals surface area contributed by atoms with E-state index < -0.39 is 0 Å². The van der Waals surface area contributed by atoms with E-state index in [1.165, 1.54) is 22.9 Å². The maximum absolute atomic E-state index is 12.2. The first-order valence-electron chi connectivity index (χ1n) is 10.2. The second kappa shape index (κ2) is 9.31.